The molecule has 0 saturated heterocycles. The van der Waals surface area contributed by atoms with E-state index in [4.69, 9.17) is 4.55 Å². The lowest BCUT2D eigenvalue weighted by molar-refractivity contribution is -0.141. The summed E-state index contributed by atoms with van der Waals surface area (Å²) in [7, 11) is 1.43. The predicted octanol–water partition coefficient (Wildman–Crippen LogP) is 2.58. The van der Waals surface area contributed by atoms with Crippen LogP contribution in [0.3, 0.4) is 0 Å². The molecule has 2 bridgehead atoms. The molecule has 0 spiro atoms. The molecule has 0 aromatic carbocycles. The van der Waals surface area contributed by atoms with E-state index < -0.39 is 11.3 Å². The number of amides is 1. The van der Waals surface area contributed by atoms with Crippen molar-refractivity contribution in [1.29, 1.82) is 0 Å². The summed E-state index contributed by atoms with van der Waals surface area (Å²) in [5.41, 5.74) is -0.388. The van der Waals surface area contributed by atoms with Gasteiger partial charge in [0.05, 0.1) is 5.41 Å². The predicted molar refractivity (Wildman–Crippen MR) is 70.9 cm³/mol. The molecular formula is C13H23NO3S. The summed E-state index contributed by atoms with van der Waals surface area (Å²) in [5.74, 6) is 1.14. The van der Waals surface area contributed by atoms with Crippen molar-refractivity contribution in [2.75, 3.05) is 7.05 Å². The first-order chi connectivity index (χ1) is 8.48. The fraction of sp³-hybridized carbons (Fsp3) is 0.923. The van der Waals surface area contributed by atoms with Crippen LogP contribution in [-0.4, -0.2) is 26.0 Å². The van der Waals surface area contributed by atoms with Crippen molar-refractivity contribution in [3.05, 3.63) is 0 Å². The summed E-state index contributed by atoms with van der Waals surface area (Å²) < 4.78 is 21.2. The van der Waals surface area contributed by atoms with Crippen LogP contribution in [0.1, 0.15) is 51.9 Å². The molecule has 5 heteroatoms. The molecule has 18 heavy (non-hydrogen) atoms. The first-order valence-electron chi connectivity index (χ1n) is 6.87. The highest BCUT2D eigenvalue weighted by Gasteiger charge is 2.47. The van der Waals surface area contributed by atoms with Gasteiger partial charge in [0, 0.05) is 7.05 Å². The van der Waals surface area contributed by atoms with Gasteiger partial charge in [0.25, 0.3) is 11.3 Å². The SMILES string of the molecule is CCC1(C(=O)N(C)S(=O)O)CC2CCCC(C2)C1. The molecule has 2 aliphatic carbocycles. The second-order valence-electron chi connectivity index (χ2n) is 5.97. The zero-order chi connectivity index (χ0) is 13.3. The molecule has 3 unspecified atom stereocenters. The molecule has 104 valence electrons. The number of rotatable bonds is 3. The summed E-state index contributed by atoms with van der Waals surface area (Å²) in [4.78, 5) is 12.5. The topological polar surface area (TPSA) is 57.6 Å². The molecule has 1 N–H and O–H groups in total. The van der Waals surface area contributed by atoms with Gasteiger partial charge < -0.3 is 0 Å². The molecule has 2 aliphatic rings. The van der Waals surface area contributed by atoms with E-state index in [2.05, 4.69) is 0 Å². The number of hydrogen-bond donors (Lipinski definition) is 1. The number of carbonyl (C=O) groups is 1. The average Bonchev–Trinajstić information content (AvgIpc) is 2.36. The molecule has 4 nitrogen and oxygen atoms in total. The minimum absolute atomic E-state index is 0.137. The molecule has 0 heterocycles. The van der Waals surface area contributed by atoms with Crippen molar-refractivity contribution < 1.29 is 13.6 Å². The third-order valence-electron chi connectivity index (χ3n) is 4.90. The lowest BCUT2D eigenvalue weighted by Crippen LogP contribution is -2.47. The highest BCUT2D eigenvalue weighted by atomic mass is 32.2. The van der Waals surface area contributed by atoms with Crippen LogP contribution in [0.2, 0.25) is 0 Å². The molecule has 0 aliphatic heterocycles. The Morgan fingerprint density at radius 1 is 1.39 bits per heavy atom. The fourth-order valence-electron chi connectivity index (χ4n) is 3.98. The number of carbonyl (C=O) groups excluding carboxylic acids is 1. The van der Waals surface area contributed by atoms with E-state index in [0.29, 0.717) is 11.8 Å². The lowest BCUT2D eigenvalue weighted by Gasteiger charge is -2.46. The van der Waals surface area contributed by atoms with Gasteiger partial charge in [-0.2, -0.15) is 0 Å². The number of hydrogen-bond acceptors (Lipinski definition) is 2. The van der Waals surface area contributed by atoms with Gasteiger partial charge in [-0.3, -0.25) is 9.35 Å². The maximum Gasteiger partial charge on any atom is 0.263 e. The second kappa shape index (κ2) is 5.29. The Bertz CT molecular complexity index is 346. The molecule has 2 fully saturated rings. The van der Waals surface area contributed by atoms with Crippen LogP contribution >= 0.6 is 0 Å². The summed E-state index contributed by atoms with van der Waals surface area (Å²) in [6, 6.07) is 0. The summed E-state index contributed by atoms with van der Waals surface area (Å²) in [6.45, 7) is 2.03. The van der Waals surface area contributed by atoms with E-state index in [1.165, 1.54) is 32.7 Å². The Morgan fingerprint density at radius 2 is 1.94 bits per heavy atom. The van der Waals surface area contributed by atoms with E-state index >= 15 is 0 Å². The fourth-order valence-corrected chi connectivity index (χ4v) is 4.32. The number of nitrogens with zero attached hydrogens (tertiary/aromatic N) is 1. The van der Waals surface area contributed by atoms with Crippen molar-refractivity contribution in [3.63, 3.8) is 0 Å². The van der Waals surface area contributed by atoms with Gasteiger partial charge in [0.1, 0.15) is 0 Å². The van der Waals surface area contributed by atoms with E-state index in [9.17, 15) is 9.00 Å². The van der Waals surface area contributed by atoms with Crippen LogP contribution < -0.4 is 0 Å². The Kier molecular flexibility index (Phi) is 4.11. The third kappa shape index (κ3) is 2.48. The quantitative estimate of drug-likeness (QED) is 0.804. The normalized spacial score (nSPS) is 37.1. The third-order valence-corrected chi connectivity index (χ3v) is 5.54. The minimum Gasteiger partial charge on any atom is -0.289 e. The van der Waals surface area contributed by atoms with E-state index in [1.807, 2.05) is 6.92 Å². The highest BCUT2D eigenvalue weighted by Crippen LogP contribution is 2.51. The van der Waals surface area contributed by atoms with Crippen LogP contribution in [-0.2, 0) is 16.1 Å². The van der Waals surface area contributed by atoms with Crippen LogP contribution in [0, 0.1) is 17.3 Å². The van der Waals surface area contributed by atoms with Gasteiger partial charge in [-0.15, -0.1) is 0 Å². The summed E-state index contributed by atoms with van der Waals surface area (Å²) in [6.07, 6.45) is 7.56. The second-order valence-corrected chi connectivity index (χ2v) is 6.98. The van der Waals surface area contributed by atoms with E-state index in [1.54, 1.807) is 0 Å². The standard InChI is InChI=1S/C13H23NO3S/c1-3-13(12(15)14(2)18(16)17)8-10-5-4-6-11(7-10)9-13/h10-11H,3-9H2,1-2H3,(H,16,17). The Morgan fingerprint density at radius 3 is 2.39 bits per heavy atom. The van der Waals surface area contributed by atoms with Crippen LogP contribution in [0.25, 0.3) is 0 Å². The number of fused-ring (bicyclic) bond motifs is 2. The van der Waals surface area contributed by atoms with E-state index in [0.717, 1.165) is 23.6 Å². The van der Waals surface area contributed by atoms with Gasteiger partial charge >= 0.3 is 0 Å². The zero-order valence-corrected chi connectivity index (χ0v) is 12.0. The Labute approximate surface area is 112 Å². The van der Waals surface area contributed by atoms with Crippen molar-refractivity contribution in [2.45, 2.75) is 51.9 Å². The van der Waals surface area contributed by atoms with Crippen molar-refractivity contribution in [2.24, 2.45) is 17.3 Å². The lowest BCUT2D eigenvalue weighted by atomic mass is 9.59. The monoisotopic (exact) mass is 273 g/mol. The maximum atomic E-state index is 12.5. The molecule has 3 atom stereocenters. The van der Waals surface area contributed by atoms with Crippen LogP contribution in [0.15, 0.2) is 0 Å². The Hall–Kier alpha value is -0.420. The molecule has 1 amide bonds. The molecule has 0 radical (unpaired) electrons. The van der Waals surface area contributed by atoms with E-state index in [-0.39, 0.29) is 11.3 Å². The molecule has 2 saturated carbocycles. The summed E-state index contributed by atoms with van der Waals surface area (Å²) in [5, 5.41) is 0. The van der Waals surface area contributed by atoms with Gasteiger partial charge in [0.2, 0.25) is 5.91 Å². The van der Waals surface area contributed by atoms with Gasteiger partial charge in [-0.25, -0.2) is 8.51 Å². The van der Waals surface area contributed by atoms with Crippen LogP contribution in [0.5, 0.6) is 0 Å². The summed E-state index contributed by atoms with van der Waals surface area (Å²) >= 11 is -2.19. The molecule has 0 aromatic rings. The maximum absolute atomic E-state index is 12.5. The first kappa shape index (κ1) is 14.0. The van der Waals surface area contributed by atoms with Crippen molar-refractivity contribution >= 4 is 17.2 Å². The Balaban J connectivity index is 2.20. The molecular weight excluding hydrogens is 250 g/mol. The highest BCUT2D eigenvalue weighted by molar-refractivity contribution is 7.77. The van der Waals surface area contributed by atoms with Crippen molar-refractivity contribution in [3.8, 4) is 0 Å². The largest absolute Gasteiger partial charge is 0.289 e. The van der Waals surface area contributed by atoms with Crippen molar-refractivity contribution in [1.82, 2.24) is 4.31 Å². The minimum atomic E-state index is -2.19. The zero-order valence-electron chi connectivity index (χ0n) is 11.2. The van der Waals surface area contributed by atoms with Crippen LogP contribution in [0.4, 0.5) is 0 Å². The van der Waals surface area contributed by atoms with Gasteiger partial charge in [-0.05, 0) is 37.5 Å². The van der Waals surface area contributed by atoms with Gasteiger partial charge in [-0.1, -0.05) is 26.2 Å². The average molecular weight is 273 g/mol. The molecule has 0 aromatic heterocycles. The van der Waals surface area contributed by atoms with Gasteiger partial charge in [0.15, 0.2) is 0 Å². The molecule has 2 rings (SSSR count). The smallest absolute Gasteiger partial charge is 0.263 e. The first-order valence-corrected chi connectivity index (χ1v) is 7.94.